The minimum absolute atomic E-state index is 0.176. The van der Waals surface area contributed by atoms with Crippen molar-refractivity contribution in [2.24, 2.45) is 0 Å². The van der Waals surface area contributed by atoms with Gasteiger partial charge in [-0.05, 0) is 38.1 Å². The lowest BCUT2D eigenvalue weighted by molar-refractivity contribution is -0.0504. The van der Waals surface area contributed by atoms with Gasteiger partial charge >= 0.3 is 6.61 Å². The van der Waals surface area contributed by atoms with Crippen molar-refractivity contribution in [3.05, 3.63) is 72.1 Å². The molecule has 138 valence electrons. The Morgan fingerprint density at radius 2 is 1.89 bits per heavy atom. The molecule has 0 fully saturated rings. The first-order valence-electron chi connectivity index (χ1n) is 8.53. The number of ether oxygens (including phenoxy) is 1. The van der Waals surface area contributed by atoms with E-state index in [1.165, 1.54) is 0 Å². The highest BCUT2D eigenvalue weighted by molar-refractivity contribution is 5.78. The van der Waals surface area contributed by atoms with Crippen molar-refractivity contribution in [1.29, 1.82) is 0 Å². The lowest BCUT2D eigenvalue weighted by Crippen LogP contribution is -2.08. The van der Waals surface area contributed by atoms with Crippen LogP contribution in [0.15, 0.2) is 54.9 Å². The third-order valence-electron chi connectivity index (χ3n) is 4.54. The molecular weight excluding hydrogens is 350 g/mol. The van der Waals surface area contributed by atoms with Crippen LogP contribution in [0.3, 0.4) is 0 Å². The van der Waals surface area contributed by atoms with Crippen molar-refractivity contribution >= 4 is 11.0 Å². The first-order chi connectivity index (χ1) is 13.0. The Kier molecular flexibility index (Phi) is 4.35. The third kappa shape index (κ3) is 3.28. The van der Waals surface area contributed by atoms with Gasteiger partial charge < -0.3 is 13.9 Å². The number of aryl methyl sites for hydroxylation is 2. The third-order valence-corrected chi connectivity index (χ3v) is 4.54. The Bertz CT molecular complexity index is 1100. The van der Waals surface area contributed by atoms with Crippen molar-refractivity contribution < 1.29 is 13.5 Å². The Balaban J connectivity index is 1.78. The molecule has 0 saturated carbocycles. The fourth-order valence-corrected chi connectivity index (χ4v) is 3.25. The average Bonchev–Trinajstić information content (AvgIpc) is 3.19. The molecule has 0 aliphatic heterocycles. The van der Waals surface area contributed by atoms with Gasteiger partial charge in [0.2, 0.25) is 0 Å². The normalized spacial score (nSPS) is 11.4. The lowest BCUT2D eigenvalue weighted by Gasteiger charge is -2.13. The molecule has 0 unspecified atom stereocenters. The summed E-state index contributed by atoms with van der Waals surface area (Å²) in [5.41, 5.74) is 3.41. The van der Waals surface area contributed by atoms with Crippen LogP contribution in [0.5, 0.6) is 5.75 Å². The van der Waals surface area contributed by atoms with Crippen LogP contribution in [0.25, 0.3) is 16.7 Å². The fraction of sp³-hybridized carbons (Fsp3) is 0.200. The number of hydrogen-bond donors (Lipinski definition) is 0. The summed E-state index contributed by atoms with van der Waals surface area (Å²) in [4.78, 5) is 8.85. The highest BCUT2D eigenvalue weighted by atomic mass is 19.3. The van der Waals surface area contributed by atoms with Crippen molar-refractivity contribution in [2.75, 3.05) is 0 Å². The van der Waals surface area contributed by atoms with E-state index < -0.39 is 6.61 Å². The molecule has 5 nitrogen and oxygen atoms in total. The van der Waals surface area contributed by atoms with Gasteiger partial charge in [-0.15, -0.1) is 0 Å². The van der Waals surface area contributed by atoms with Crippen LogP contribution in [-0.2, 0) is 6.54 Å². The number of aromatic nitrogens is 4. The molecule has 4 aromatic rings. The summed E-state index contributed by atoms with van der Waals surface area (Å²) in [5, 5.41) is 0. The van der Waals surface area contributed by atoms with E-state index in [2.05, 4.69) is 14.7 Å². The molecule has 0 N–H and O–H groups in total. The molecule has 0 aliphatic rings. The zero-order chi connectivity index (χ0) is 19.0. The second-order valence-corrected chi connectivity index (χ2v) is 6.25. The van der Waals surface area contributed by atoms with Crippen LogP contribution >= 0.6 is 0 Å². The second kappa shape index (κ2) is 6.83. The van der Waals surface area contributed by atoms with Gasteiger partial charge in [0.1, 0.15) is 17.4 Å². The number of benzene rings is 2. The van der Waals surface area contributed by atoms with Crippen LogP contribution < -0.4 is 4.74 Å². The number of para-hydroxylation sites is 1. The molecule has 0 aliphatic carbocycles. The first-order valence-corrected chi connectivity index (χ1v) is 8.53. The van der Waals surface area contributed by atoms with E-state index >= 15 is 0 Å². The Hall–Kier alpha value is -3.22. The Labute approximate surface area is 154 Å². The lowest BCUT2D eigenvalue weighted by atomic mass is 10.2. The number of alkyl halides is 2. The van der Waals surface area contributed by atoms with Gasteiger partial charge in [-0.2, -0.15) is 8.78 Å². The quantitative estimate of drug-likeness (QED) is 0.521. The molecule has 2 aromatic carbocycles. The summed E-state index contributed by atoms with van der Waals surface area (Å²) in [6.45, 7) is 1.36. The maximum Gasteiger partial charge on any atom is 0.387 e. The fourth-order valence-electron chi connectivity index (χ4n) is 3.25. The zero-order valence-electron chi connectivity index (χ0n) is 14.9. The van der Waals surface area contributed by atoms with E-state index in [4.69, 9.17) is 0 Å². The van der Waals surface area contributed by atoms with Gasteiger partial charge in [0.25, 0.3) is 0 Å². The van der Waals surface area contributed by atoms with Gasteiger partial charge in [0.05, 0.1) is 17.6 Å². The predicted molar refractivity (Wildman–Crippen MR) is 98.5 cm³/mol. The molecule has 2 aromatic heterocycles. The Morgan fingerprint density at radius 3 is 2.63 bits per heavy atom. The van der Waals surface area contributed by atoms with Crippen LogP contribution in [0.1, 0.15) is 17.2 Å². The summed E-state index contributed by atoms with van der Waals surface area (Å²) in [7, 11) is 0. The summed E-state index contributed by atoms with van der Waals surface area (Å²) < 4.78 is 34.1. The molecule has 0 saturated heterocycles. The van der Waals surface area contributed by atoms with Crippen molar-refractivity contribution in [2.45, 2.75) is 27.0 Å². The SMILES string of the molecule is Cc1nccn1-c1ccc2nc(C)n(Cc3ccccc3OC(F)F)c2c1. The molecule has 0 spiro atoms. The van der Waals surface area contributed by atoms with E-state index in [-0.39, 0.29) is 5.75 Å². The molecule has 2 heterocycles. The van der Waals surface area contributed by atoms with Crippen molar-refractivity contribution in [3.63, 3.8) is 0 Å². The van der Waals surface area contributed by atoms with Crippen LogP contribution in [-0.4, -0.2) is 25.7 Å². The summed E-state index contributed by atoms with van der Waals surface area (Å²) >= 11 is 0. The van der Waals surface area contributed by atoms with Crippen LogP contribution in [0.4, 0.5) is 8.78 Å². The predicted octanol–water partition coefficient (Wildman–Crippen LogP) is 4.49. The van der Waals surface area contributed by atoms with E-state index in [0.717, 1.165) is 28.4 Å². The highest BCUT2D eigenvalue weighted by Crippen LogP contribution is 2.26. The van der Waals surface area contributed by atoms with Crippen LogP contribution in [0.2, 0.25) is 0 Å². The highest BCUT2D eigenvalue weighted by Gasteiger charge is 2.14. The monoisotopic (exact) mass is 368 g/mol. The number of halogens is 2. The molecule has 27 heavy (non-hydrogen) atoms. The van der Waals surface area contributed by atoms with Crippen LogP contribution in [0, 0.1) is 13.8 Å². The number of hydrogen-bond acceptors (Lipinski definition) is 3. The second-order valence-electron chi connectivity index (χ2n) is 6.25. The first kappa shape index (κ1) is 17.2. The van der Waals surface area contributed by atoms with Gasteiger partial charge in [0.15, 0.2) is 0 Å². The van der Waals surface area contributed by atoms with Gasteiger partial charge in [0, 0.05) is 23.6 Å². The van der Waals surface area contributed by atoms with Gasteiger partial charge in [-0.25, -0.2) is 9.97 Å². The molecule has 7 heteroatoms. The van der Waals surface area contributed by atoms with E-state index in [1.54, 1.807) is 24.4 Å². The smallest absolute Gasteiger partial charge is 0.387 e. The van der Waals surface area contributed by atoms with E-state index in [1.807, 2.05) is 53.4 Å². The Morgan fingerprint density at radius 1 is 1.07 bits per heavy atom. The number of rotatable bonds is 5. The molecule has 0 bridgehead atoms. The average molecular weight is 368 g/mol. The molecule has 0 atom stereocenters. The minimum Gasteiger partial charge on any atom is -0.434 e. The molecule has 4 rings (SSSR count). The molecule has 0 radical (unpaired) electrons. The number of imidazole rings is 2. The summed E-state index contributed by atoms with van der Waals surface area (Å²) in [6.07, 6.45) is 3.65. The molecule has 0 amide bonds. The van der Waals surface area contributed by atoms with Crippen molar-refractivity contribution in [1.82, 2.24) is 19.1 Å². The standard InChI is InChI=1S/C20H18F2N4O/c1-13-23-9-10-25(13)16-7-8-17-18(11-16)26(14(2)24-17)12-15-5-3-4-6-19(15)27-20(21)22/h3-11,20H,12H2,1-2H3. The minimum atomic E-state index is -2.86. The van der Waals surface area contributed by atoms with Gasteiger partial charge in [-0.3, -0.25) is 0 Å². The van der Waals surface area contributed by atoms with E-state index in [9.17, 15) is 8.78 Å². The zero-order valence-corrected chi connectivity index (χ0v) is 14.9. The number of fused-ring (bicyclic) bond motifs is 1. The maximum atomic E-state index is 12.7. The van der Waals surface area contributed by atoms with Crippen molar-refractivity contribution in [3.8, 4) is 11.4 Å². The summed E-state index contributed by atoms with van der Waals surface area (Å²) in [5.74, 6) is 1.86. The topological polar surface area (TPSA) is 44.9 Å². The largest absolute Gasteiger partial charge is 0.434 e. The number of nitrogens with zero attached hydrogens (tertiary/aromatic N) is 4. The van der Waals surface area contributed by atoms with E-state index in [0.29, 0.717) is 12.1 Å². The molecular formula is C20H18F2N4O. The van der Waals surface area contributed by atoms with Gasteiger partial charge in [-0.1, -0.05) is 18.2 Å². The maximum absolute atomic E-state index is 12.7. The summed E-state index contributed by atoms with van der Waals surface area (Å²) in [6, 6.07) is 12.8.